The van der Waals surface area contributed by atoms with Gasteiger partial charge < -0.3 is 5.11 Å². The van der Waals surface area contributed by atoms with E-state index in [1.807, 2.05) is 13.8 Å². The minimum Gasteiger partial charge on any atom is -0.388 e. The van der Waals surface area contributed by atoms with Crippen molar-refractivity contribution in [2.45, 2.75) is 39.2 Å². The average Bonchev–Trinajstić information content (AvgIpc) is 2.54. The highest BCUT2D eigenvalue weighted by Gasteiger charge is 2.57. The SMILES string of the molecule is CCC(O)(C(C)C)C1(C#N)CCS(=O)(=O)C1. The summed E-state index contributed by atoms with van der Waals surface area (Å²) >= 11 is 0. The van der Waals surface area contributed by atoms with Crippen LogP contribution in [-0.2, 0) is 9.84 Å². The number of rotatable bonds is 3. The molecule has 0 amide bonds. The van der Waals surface area contributed by atoms with Crippen LogP contribution in [0, 0.1) is 22.7 Å². The largest absolute Gasteiger partial charge is 0.388 e. The van der Waals surface area contributed by atoms with E-state index in [0.29, 0.717) is 6.42 Å². The van der Waals surface area contributed by atoms with Gasteiger partial charge in [0, 0.05) is 0 Å². The van der Waals surface area contributed by atoms with Crippen molar-refractivity contribution in [1.82, 2.24) is 0 Å². The van der Waals surface area contributed by atoms with E-state index in [-0.39, 0.29) is 23.8 Å². The molecular formula is C11H19NO3S. The van der Waals surface area contributed by atoms with Crippen LogP contribution in [0.4, 0.5) is 0 Å². The number of nitrogens with zero attached hydrogens (tertiary/aromatic N) is 1. The maximum absolute atomic E-state index is 11.5. The van der Waals surface area contributed by atoms with E-state index < -0.39 is 20.9 Å². The third-order valence-electron chi connectivity index (χ3n) is 3.84. The van der Waals surface area contributed by atoms with Gasteiger partial charge >= 0.3 is 0 Å². The maximum Gasteiger partial charge on any atom is 0.152 e. The second-order valence-electron chi connectivity index (χ2n) is 4.97. The standard InChI is InChI=1S/C11H19NO3S/c1-4-11(13,9(2)3)10(7-12)5-6-16(14,15)8-10/h9,13H,4-6,8H2,1-3H3. The molecule has 0 aromatic carbocycles. The van der Waals surface area contributed by atoms with Crippen LogP contribution in [0.25, 0.3) is 0 Å². The number of hydrogen-bond acceptors (Lipinski definition) is 4. The fourth-order valence-electron chi connectivity index (χ4n) is 2.68. The van der Waals surface area contributed by atoms with E-state index >= 15 is 0 Å². The number of aliphatic hydroxyl groups is 1. The Kier molecular flexibility index (Phi) is 3.37. The zero-order valence-electron chi connectivity index (χ0n) is 10.0. The minimum atomic E-state index is -3.18. The molecule has 0 saturated carbocycles. The molecule has 1 aliphatic rings. The van der Waals surface area contributed by atoms with E-state index in [2.05, 4.69) is 6.07 Å². The van der Waals surface area contributed by atoms with Gasteiger partial charge in [0.25, 0.3) is 0 Å². The molecule has 0 radical (unpaired) electrons. The van der Waals surface area contributed by atoms with Crippen molar-refractivity contribution in [1.29, 1.82) is 5.26 Å². The van der Waals surface area contributed by atoms with Crippen molar-refractivity contribution in [3.8, 4) is 6.07 Å². The summed E-state index contributed by atoms with van der Waals surface area (Å²) < 4.78 is 23.1. The molecule has 1 rings (SSSR count). The van der Waals surface area contributed by atoms with Crippen molar-refractivity contribution >= 4 is 9.84 Å². The first-order chi connectivity index (χ1) is 7.23. The molecule has 92 valence electrons. The van der Waals surface area contributed by atoms with E-state index in [1.54, 1.807) is 6.92 Å². The van der Waals surface area contributed by atoms with Crippen molar-refractivity contribution in [2.24, 2.45) is 11.3 Å². The quantitative estimate of drug-likeness (QED) is 0.808. The van der Waals surface area contributed by atoms with Gasteiger partial charge in [-0.1, -0.05) is 20.8 Å². The van der Waals surface area contributed by atoms with Crippen LogP contribution in [0.5, 0.6) is 0 Å². The molecule has 4 nitrogen and oxygen atoms in total. The van der Waals surface area contributed by atoms with E-state index in [9.17, 15) is 18.8 Å². The smallest absolute Gasteiger partial charge is 0.152 e. The molecule has 0 spiro atoms. The Balaban J connectivity index is 3.22. The van der Waals surface area contributed by atoms with Crippen molar-refractivity contribution < 1.29 is 13.5 Å². The van der Waals surface area contributed by atoms with Gasteiger partial charge in [0.1, 0.15) is 5.41 Å². The van der Waals surface area contributed by atoms with Gasteiger partial charge in [0.15, 0.2) is 9.84 Å². The first-order valence-electron chi connectivity index (χ1n) is 5.57. The third kappa shape index (κ3) is 1.85. The molecule has 16 heavy (non-hydrogen) atoms. The lowest BCUT2D eigenvalue weighted by Crippen LogP contribution is -2.52. The average molecular weight is 245 g/mol. The van der Waals surface area contributed by atoms with Gasteiger partial charge in [-0.25, -0.2) is 8.42 Å². The molecule has 1 saturated heterocycles. The molecule has 2 atom stereocenters. The van der Waals surface area contributed by atoms with Crippen molar-refractivity contribution in [2.75, 3.05) is 11.5 Å². The molecule has 2 unspecified atom stereocenters. The van der Waals surface area contributed by atoms with Crippen LogP contribution >= 0.6 is 0 Å². The van der Waals surface area contributed by atoms with Crippen LogP contribution in [-0.4, -0.2) is 30.6 Å². The first-order valence-corrected chi connectivity index (χ1v) is 7.39. The molecule has 0 bridgehead atoms. The summed E-state index contributed by atoms with van der Waals surface area (Å²) in [5.41, 5.74) is -2.35. The minimum absolute atomic E-state index is 0.00951. The first kappa shape index (κ1) is 13.5. The van der Waals surface area contributed by atoms with Crippen molar-refractivity contribution in [3.05, 3.63) is 0 Å². The second kappa shape index (κ2) is 4.01. The Morgan fingerprint density at radius 2 is 2.12 bits per heavy atom. The van der Waals surface area contributed by atoms with E-state index in [4.69, 9.17) is 0 Å². The molecule has 0 aliphatic carbocycles. The lowest BCUT2D eigenvalue weighted by atomic mass is 9.65. The Bertz CT molecular complexity index is 409. The van der Waals surface area contributed by atoms with Gasteiger partial charge in [-0.15, -0.1) is 0 Å². The molecule has 1 aliphatic heterocycles. The van der Waals surface area contributed by atoms with Crippen LogP contribution in [0.2, 0.25) is 0 Å². The Morgan fingerprint density at radius 3 is 2.38 bits per heavy atom. The number of hydrogen-bond donors (Lipinski definition) is 1. The monoisotopic (exact) mass is 245 g/mol. The molecule has 1 N–H and O–H groups in total. The predicted molar refractivity (Wildman–Crippen MR) is 61.4 cm³/mol. The van der Waals surface area contributed by atoms with E-state index in [1.165, 1.54) is 0 Å². The lowest BCUT2D eigenvalue weighted by molar-refractivity contribution is -0.0845. The van der Waals surface area contributed by atoms with Crippen LogP contribution < -0.4 is 0 Å². The van der Waals surface area contributed by atoms with Crippen LogP contribution in [0.1, 0.15) is 33.6 Å². The van der Waals surface area contributed by atoms with Gasteiger partial charge in [-0.2, -0.15) is 5.26 Å². The normalized spacial score (nSPS) is 32.2. The number of nitriles is 1. The third-order valence-corrected chi connectivity index (χ3v) is 5.60. The highest BCUT2D eigenvalue weighted by Crippen LogP contribution is 2.46. The Morgan fingerprint density at radius 1 is 1.56 bits per heavy atom. The van der Waals surface area contributed by atoms with Crippen LogP contribution in [0.15, 0.2) is 0 Å². The summed E-state index contributed by atoms with van der Waals surface area (Å²) in [6.07, 6.45) is 0.641. The zero-order valence-corrected chi connectivity index (χ0v) is 10.8. The summed E-state index contributed by atoms with van der Waals surface area (Å²) in [5.74, 6) is -0.334. The molecular weight excluding hydrogens is 226 g/mol. The Labute approximate surface area is 97.2 Å². The molecule has 5 heteroatoms. The van der Waals surface area contributed by atoms with Gasteiger partial charge in [-0.05, 0) is 18.8 Å². The highest BCUT2D eigenvalue weighted by atomic mass is 32.2. The molecule has 1 heterocycles. The van der Waals surface area contributed by atoms with Gasteiger partial charge in [0.2, 0.25) is 0 Å². The topological polar surface area (TPSA) is 78.2 Å². The summed E-state index contributed by atoms with van der Waals surface area (Å²) in [6.45, 7) is 5.45. The van der Waals surface area contributed by atoms with Gasteiger partial charge in [0.05, 0.1) is 23.2 Å². The van der Waals surface area contributed by atoms with Crippen LogP contribution in [0.3, 0.4) is 0 Å². The Hall–Kier alpha value is -0.600. The fraction of sp³-hybridized carbons (Fsp3) is 0.909. The molecule has 0 aromatic heterocycles. The zero-order chi connectivity index (χ0) is 12.6. The predicted octanol–water partition coefficient (Wildman–Crippen LogP) is 1.11. The summed E-state index contributed by atoms with van der Waals surface area (Å²) in [4.78, 5) is 0. The highest BCUT2D eigenvalue weighted by molar-refractivity contribution is 7.91. The summed E-state index contributed by atoms with van der Waals surface area (Å²) in [5, 5.41) is 19.9. The summed E-state index contributed by atoms with van der Waals surface area (Å²) in [7, 11) is -3.18. The maximum atomic E-state index is 11.5. The van der Waals surface area contributed by atoms with Crippen molar-refractivity contribution in [3.63, 3.8) is 0 Å². The second-order valence-corrected chi connectivity index (χ2v) is 7.15. The fourth-order valence-corrected chi connectivity index (χ4v) is 4.69. The lowest BCUT2D eigenvalue weighted by Gasteiger charge is -2.42. The summed E-state index contributed by atoms with van der Waals surface area (Å²) in [6, 6.07) is 2.08. The molecule has 0 aromatic rings. The molecule has 1 fully saturated rings. The van der Waals surface area contributed by atoms with Gasteiger partial charge in [-0.3, -0.25) is 0 Å². The van der Waals surface area contributed by atoms with E-state index in [0.717, 1.165) is 0 Å². The number of sulfone groups is 1.